The number of H-pyrrole nitrogens is 1. The molecule has 1 aliphatic carbocycles. The Bertz CT molecular complexity index is 1160. The number of halogens is 1. The lowest BCUT2D eigenvalue weighted by Crippen LogP contribution is -2.47. The molecule has 5 rings (SSSR count). The van der Waals surface area contributed by atoms with Crippen LogP contribution in [0.1, 0.15) is 23.3 Å². The molecule has 0 spiro atoms. The Labute approximate surface area is 177 Å². The van der Waals surface area contributed by atoms with Crippen LogP contribution in [-0.4, -0.2) is 40.6 Å². The van der Waals surface area contributed by atoms with Crippen LogP contribution in [-0.2, 0) is 19.5 Å². The average molecular weight is 431 g/mol. The summed E-state index contributed by atoms with van der Waals surface area (Å²) in [6.07, 6.45) is 4.41. The van der Waals surface area contributed by atoms with Crippen molar-refractivity contribution in [2.24, 2.45) is 0 Å². The number of benzene rings is 1. The van der Waals surface area contributed by atoms with Crippen molar-refractivity contribution in [3.8, 4) is 0 Å². The van der Waals surface area contributed by atoms with Gasteiger partial charge in [0, 0.05) is 36.7 Å². The van der Waals surface area contributed by atoms with E-state index in [1.807, 2.05) is 12.1 Å². The molecule has 2 aromatic heterocycles. The maximum atomic E-state index is 13.2. The van der Waals surface area contributed by atoms with Gasteiger partial charge in [-0.1, -0.05) is 0 Å². The van der Waals surface area contributed by atoms with E-state index >= 15 is 0 Å². The van der Waals surface area contributed by atoms with Crippen molar-refractivity contribution in [3.05, 3.63) is 55.6 Å². The lowest BCUT2D eigenvalue weighted by molar-refractivity contribution is 0.207. The Morgan fingerprint density at radius 1 is 1.07 bits per heavy atom. The molecule has 1 aliphatic heterocycles. The quantitative estimate of drug-likeness (QED) is 0.640. The Morgan fingerprint density at radius 2 is 1.79 bits per heavy atom. The first-order valence-corrected chi connectivity index (χ1v) is 11.3. The maximum absolute atomic E-state index is 13.2. The van der Waals surface area contributed by atoms with Crippen LogP contribution in [0.15, 0.2) is 29.1 Å². The van der Waals surface area contributed by atoms with Crippen LogP contribution < -0.4 is 10.5 Å². The van der Waals surface area contributed by atoms with Crippen LogP contribution in [0.4, 0.5) is 10.1 Å². The number of aromatic amines is 1. The maximum Gasteiger partial charge on any atom is 0.260 e. The summed E-state index contributed by atoms with van der Waals surface area (Å²) in [5.74, 6) is -0.206. The summed E-state index contributed by atoms with van der Waals surface area (Å²) in [6, 6.07) is 6.69. The number of hydrogen-bond acceptors (Lipinski definition) is 5. The van der Waals surface area contributed by atoms with Crippen molar-refractivity contribution in [2.45, 2.75) is 32.4 Å². The van der Waals surface area contributed by atoms with Gasteiger partial charge in [-0.3, -0.25) is 19.2 Å². The topological polar surface area (TPSA) is 44.3 Å². The van der Waals surface area contributed by atoms with Gasteiger partial charge in [0.1, 0.15) is 10.6 Å². The van der Waals surface area contributed by atoms with Crippen molar-refractivity contribution in [2.75, 3.05) is 31.1 Å². The highest BCUT2D eigenvalue weighted by Gasteiger charge is 2.23. The third kappa shape index (κ3) is 3.53. The van der Waals surface area contributed by atoms with Gasteiger partial charge in [0.15, 0.2) is 4.77 Å². The van der Waals surface area contributed by atoms with Gasteiger partial charge in [0.2, 0.25) is 0 Å². The normalized spacial score (nSPS) is 17.6. The molecule has 0 unspecified atom stereocenters. The molecule has 0 atom stereocenters. The van der Waals surface area contributed by atoms with E-state index in [0.717, 1.165) is 61.3 Å². The Kier molecular flexibility index (Phi) is 5.01. The SMILES string of the molecule is O=c1[nH]c(=S)n(CN2CCN(c3ccc(F)cc3)CC2)c2sc3c(c12)CCCC3. The highest BCUT2D eigenvalue weighted by Crippen LogP contribution is 2.34. The lowest BCUT2D eigenvalue weighted by Gasteiger charge is -2.36. The summed E-state index contributed by atoms with van der Waals surface area (Å²) in [5.41, 5.74) is 2.25. The molecular formula is C21H23FN4OS2. The van der Waals surface area contributed by atoms with Gasteiger partial charge >= 0.3 is 0 Å². The Balaban J connectivity index is 1.39. The summed E-state index contributed by atoms with van der Waals surface area (Å²) in [6.45, 7) is 4.23. The minimum atomic E-state index is -0.206. The molecule has 29 heavy (non-hydrogen) atoms. The van der Waals surface area contributed by atoms with Crippen molar-refractivity contribution < 1.29 is 4.39 Å². The van der Waals surface area contributed by atoms with E-state index < -0.39 is 0 Å². The first kappa shape index (κ1) is 19.0. The first-order chi connectivity index (χ1) is 14.1. The molecule has 2 aliphatic rings. The molecule has 0 radical (unpaired) electrons. The Morgan fingerprint density at radius 3 is 2.55 bits per heavy atom. The van der Waals surface area contributed by atoms with Crippen LogP contribution in [0.25, 0.3) is 10.2 Å². The summed E-state index contributed by atoms with van der Waals surface area (Å²) in [4.78, 5) is 22.5. The summed E-state index contributed by atoms with van der Waals surface area (Å²) >= 11 is 7.28. The highest BCUT2D eigenvalue weighted by atomic mass is 32.1. The second-order valence-electron chi connectivity index (χ2n) is 7.80. The third-order valence-corrected chi connectivity index (χ3v) is 7.63. The van der Waals surface area contributed by atoms with E-state index in [2.05, 4.69) is 19.4 Å². The molecule has 0 saturated carbocycles. The van der Waals surface area contributed by atoms with Gasteiger partial charge in [-0.05, 0) is 67.7 Å². The number of anilines is 1. The number of piperazine rings is 1. The smallest absolute Gasteiger partial charge is 0.260 e. The fourth-order valence-corrected chi connectivity index (χ4v) is 6.11. The second kappa shape index (κ2) is 7.66. The third-order valence-electron chi connectivity index (χ3n) is 6.00. The van der Waals surface area contributed by atoms with Gasteiger partial charge in [-0.2, -0.15) is 0 Å². The number of fused-ring (bicyclic) bond motifs is 3. The van der Waals surface area contributed by atoms with E-state index in [1.165, 1.54) is 29.0 Å². The molecule has 0 bridgehead atoms. The van der Waals surface area contributed by atoms with Crippen molar-refractivity contribution in [1.29, 1.82) is 0 Å². The molecule has 152 valence electrons. The molecule has 1 N–H and O–H groups in total. The van der Waals surface area contributed by atoms with E-state index in [9.17, 15) is 9.18 Å². The molecule has 3 heterocycles. The minimum Gasteiger partial charge on any atom is -0.369 e. The molecule has 5 nitrogen and oxygen atoms in total. The number of aryl methyl sites for hydroxylation is 2. The molecule has 1 aromatic carbocycles. The van der Waals surface area contributed by atoms with Crippen LogP contribution in [0.3, 0.4) is 0 Å². The largest absolute Gasteiger partial charge is 0.369 e. The minimum absolute atomic E-state index is 0.0400. The van der Waals surface area contributed by atoms with E-state index in [0.29, 0.717) is 11.4 Å². The monoisotopic (exact) mass is 430 g/mol. The molecular weight excluding hydrogens is 407 g/mol. The zero-order valence-electron chi connectivity index (χ0n) is 16.1. The van der Waals surface area contributed by atoms with Crippen LogP contribution in [0.2, 0.25) is 0 Å². The summed E-state index contributed by atoms with van der Waals surface area (Å²) in [5, 5.41) is 0.850. The number of nitrogens with one attached hydrogen (secondary N) is 1. The van der Waals surface area contributed by atoms with Gasteiger partial charge in [-0.25, -0.2) is 4.39 Å². The van der Waals surface area contributed by atoms with Crippen LogP contribution in [0.5, 0.6) is 0 Å². The average Bonchev–Trinajstić information content (AvgIpc) is 3.12. The standard InChI is InChI=1S/C21H23FN4OS2/c22-14-5-7-15(8-6-14)25-11-9-24(10-12-25)13-26-20-18(19(27)23-21(26)28)16-3-1-2-4-17(16)29-20/h5-8H,1-4,9-13H2,(H,23,27,28). The van der Waals surface area contributed by atoms with Gasteiger partial charge in [0.25, 0.3) is 5.56 Å². The number of nitrogens with zero attached hydrogens (tertiary/aromatic N) is 3. The molecule has 1 fully saturated rings. The fraction of sp³-hybridized carbons (Fsp3) is 0.429. The number of rotatable bonds is 3. The molecule has 1 saturated heterocycles. The molecule has 0 amide bonds. The van der Waals surface area contributed by atoms with Crippen molar-refractivity contribution in [3.63, 3.8) is 0 Å². The van der Waals surface area contributed by atoms with Crippen LogP contribution >= 0.6 is 23.6 Å². The van der Waals surface area contributed by atoms with Crippen molar-refractivity contribution >= 4 is 39.5 Å². The number of aromatic nitrogens is 2. The van der Waals surface area contributed by atoms with E-state index in [4.69, 9.17) is 12.2 Å². The predicted octanol–water partition coefficient (Wildman–Crippen LogP) is 3.92. The van der Waals surface area contributed by atoms with Crippen LogP contribution in [0, 0.1) is 10.6 Å². The number of thiophene rings is 1. The zero-order valence-corrected chi connectivity index (χ0v) is 17.8. The van der Waals surface area contributed by atoms with E-state index in [-0.39, 0.29) is 11.4 Å². The predicted molar refractivity (Wildman–Crippen MR) is 118 cm³/mol. The zero-order chi connectivity index (χ0) is 20.0. The molecule has 3 aromatic rings. The summed E-state index contributed by atoms with van der Waals surface area (Å²) in [7, 11) is 0. The summed E-state index contributed by atoms with van der Waals surface area (Å²) < 4.78 is 15.8. The Hall–Kier alpha value is -2.03. The van der Waals surface area contributed by atoms with Gasteiger partial charge in [-0.15, -0.1) is 11.3 Å². The molecule has 8 heteroatoms. The van der Waals surface area contributed by atoms with Crippen molar-refractivity contribution in [1.82, 2.24) is 14.5 Å². The van der Waals surface area contributed by atoms with Gasteiger partial charge in [0.05, 0.1) is 12.1 Å². The van der Waals surface area contributed by atoms with Gasteiger partial charge < -0.3 is 4.90 Å². The number of hydrogen-bond donors (Lipinski definition) is 1. The fourth-order valence-electron chi connectivity index (χ4n) is 4.42. The van der Waals surface area contributed by atoms with E-state index in [1.54, 1.807) is 11.3 Å². The second-order valence-corrected chi connectivity index (χ2v) is 9.27. The first-order valence-electron chi connectivity index (χ1n) is 10.1. The lowest BCUT2D eigenvalue weighted by atomic mass is 9.97. The highest BCUT2D eigenvalue weighted by molar-refractivity contribution is 7.71.